The van der Waals surface area contributed by atoms with Crippen LogP contribution in [0.1, 0.15) is 61.9 Å². The minimum absolute atomic E-state index is 0.0979. The van der Waals surface area contributed by atoms with Crippen LogP contribution in [0.5, 0.6) is 0 Å². The minimum Gasteiger partial charge on any atom is -0.448 e. The molecule has 2 heterocycles. The van der Waals surface area contributed by atoms with Crippen molar-refractivity contribution in [2.45, 2.75) is 51.2 Å². The third kappa shape index (κ3) is 6.68. The van der Waals surface area contributed by atoms with Gasteiger partial charge in [-0.25, -0.2) is 9.78 Å². The van der Waals surface area contributed by atoms with E-state index < -0.39 is 5.60 Å². The summed E-state index contributed by atoms with van der Waals surface area (Å²) in [6, 6.07) is 20.3. The number of hydrogen-bond donors (Lipinski definition) is 1. The number of carbonyl (C=O) groups excluding carboxylic acids is 1. The zero-order valence-corrected chi connectivity index (χ0v) is 19.7. The van der Waals surface area contributed by atoms with Crippen LogP contribution in [0.4, 0.5) is 4.79 Å². The molecule has 33 heavy (non-hydrogen) atoms. The molecule has 0 aliphatic carbocycles. The SMILES string of the molecule is CC(C)(C)OC(=O)NC(CCN1CC(c2nc(Cc3ccccc3)co2)C1)c1ccccc1. The number of ether oxygens (including phenoxy) is 1. The molecular formula is C27H33N3O3. The van der Waals surface area contributed by atoms with Gasteiger partial charge in [-0.1, -0.05) is 60.7 Å². The summed E-state index contributed by atoms with van der Waals surface area (Å²) in [5, 5.41) is 3.04. The molecule has 1 fully saturated rings. The van der Waals surface area contributed by atoms with Gasteiger partial charge in [-0.15, -0.1) is 0 Å². The number of alkyl carbamates (subject to hydrolysis) is 1. The van der Waals surface area contributed by atoms with Crippen molar-refractivity contribution in [3.63, 3.8) is 0 Å². The Morgan fingerprint density at radius 3 is 2.45 bits per heavy atom. The smallest absolute Gasteiger partial charge is 0.408 e. The van der Waals surface area contributed by atoms with E-state index in [0.717, 1.165) is 49.6 Å². The van der Waals surface area contributed by atoms with Crippen molar-refractivity contribution in [1.29, 1.82) is 0 Å². The van der Waals surface area contributed by atoms with Crippen LogP contribution in [0, 0.1) is 0 Å². The molecule has 1 amide bonds. The zero-order valence-electron chi connectivity index (χ0n) is 19.7. The van der Waals surface area contributed by atoms with E-state index >= 15 is 0 Å². The molecular weight excluding hydrogens is 414 g/mol. The van der Waals surface area contributed by atoms with Crippen molar-refractivity contribution in [3.05, 3.63) is 89.6 Å². The van der Waals surface area contributed by atoms with Crippen LogP contribution in [0.3, 0.4) is 0 Å². The molecule has 0 saturated carbocycles. The fourth-order valence-electron chi connectivity index (χ4n) is 4.07. The van der Waals surface area contributed by atoms with E-state index in [-0.39, 0.29) is 12.1 Å². The summed E-state index contributed by atoms with van der Waals surface area (Å²) in [6.45, 7) is 8.33. The molecule has 2 aromatic carbocycles. The number of amides is 1. The second-order valence-electron chi connectivity index (χ2n) is 9.69. The molecule has 1 aromatic heterocycles. The Morgan fingerprint density at radius 1 is 1.12 bits per heavy atom. The third-order valence-electron chi connectivity index (χ3n) is 5.73. The van der Waals surface area contributed by atoms with Crippen molar-refractivity contribution in [2.24, 2.45) is 0 Å². The Labute approximate surface area is 196 Å². The van der Waals surface area contributed by atoms with Crippen molar-refractivity contribution in [3.8, 4) is 0 Å². The highest BCUT2D eigenvalue weighted by Gasteiger charge is 2.32. The topological polar surface area (TPSA) is 67.6 Å². The van der Waals surface area contributed by atoms with E-state index in [1.807, 2.05) is 69.3 Å². The van der Waals surface area contributed by atoms with Crippen molar-refractivity contribution in [1.82, 2.24) is 15.2 Å². The largest absolute Gasteiger partial charge is 0.448 e. The number of likely N-dealkylation sites (tertiary alicyclic amines) is 1. The van der Waals surface area contributed by atoms with Crippen LogP contribution in [0.15, 0.2) is 71.3 Å². The fraction of sp³-hybridized carbons (Fsp3) is 0.407. The third-order valence-corrected chi connectivity index (χ3v) is 5.73. The first kappa shape index (κ1) is 23.1. The van der Waals surface area contributed by atoms with Crippen LogP contribution in [0.2, 0.25) is 0 Å². The van der Waals surface area contributed by atoms with E-state index in [2.05, 4.69) is 22.3 Å². The summed E-state index contributed by atoms with van der Waals surface area (Å²) in [5.41, 5.74) is 2.77. The Morgan fingerprint density at radius 2 is 1.79 bits per heavy atom. The van der Waals surface area contributed by atoms with Crippen LogP contribution in [-0.4, -0.2) is 41.2 Å². The maximum absolute atomic E-state index is 12.4. The Bertz CT molecular complexity index is 1020. The standard InChI is InChI=1S/C27H33N3O3/c1-27(2,3)33-26(31)29-24(21-12-8-5-9-13-21)14-15-30-17-22(18-30)25-28-23(19-32-25)16-20-10-6-4-7-11-20/h4-13,19,22,24H,14-18H2,1-3H3,(H,29,31). The average Bonchev–Trinajstić information content (AvgIpc) is 3.19. The molecule has 1 atom stereocenters. The minimum atomic E-state index is -0.522. The quantitative estimate of drug-likeness (QED) is 0.506. The number of nitrogens with zero attached hydrogens (tertiary/aromatic N) is 2. The summed E-state index contributed by atoms with van der Waals surface area (Å²) < 4.78 is 11.2. The monoisotopic (exact) mass is 447 g/mol. The predicted octanol–water partition coefficient (Wildman–Crippen LogP) is 5.32. The molecule has 0 spiro atoms. The van der Waals surface area contributed by atoms with Gasteiger partial charge in [0.2, 0.25) is 0 Å². The predicted molar refractivity (Wildman–Crippen MR) is 128 cm³/mol. The molecule has 1 aliphatic heterocycles. The molecule has 4 rings (SSSR count). The summed E-state index contributed by atoms with van der Waals surface area (Å²) in [7, 11) is 0. The van der Waals surface area contributed by atoms with Gasteiger partial charge in [-0.2, -0.15) is 0 Å². The van der Waals surface area contributed by atoms with E-state index in [1.165, 1.54) is 5.56 Å². The number of aromatic nitrogens is 1. The van der Waals surface area contributed by atoms with Crippen LogP contribution >= 0.6 is 0 Å². The van der Waals surface area contributed by atoms with E-state index in [0.29, 0.717) is 5.92 Å². The number of rotatable bonds is 8. The van der Waals surface area contributed by atoms with E-state index in [9.17, 15) is 4.79 Å². The number of oxazole rings is 1. The molecule has 0 bridgehead atoms. The zero-order chi connectivity index (χ0) is 23.3. The molecule has 6 nitrogen and oxygen atoms in total. The van der Waals surface area contributed by atoms with Crippen molar-refractivity contribution in [2.75, 3.05) is 19.6 Å². The summed E-state index contributed by atoms with van der Waals surface area (Å²) >= 11 is 0. The van der Waals surface area contributed by atoms with Crippen LogP contribution in [0.25, 0.3) is 0 Å². The second kappa shape index (κ2) is 10.2. The van der Waals surface area contributed by atoms with Gasteiger partial charge in [-0.05, 0) is 38.3 Å². The average molecular weight is 448 g/mol. The highest BCUT2D eigenvalue weighted by atomic mass is 16.6. The van der Waals surface area contributed by atoms with E-state index in [4.69, 9.17) is 14.1 Å². The van der Waals surface area contributed by atoms with Crippen LogP contribution < -0.4 is 5.32 Å². The van der Waals surface area contributed by atoms with Crippen LogP contribution in [-0.2, 0) is 11.2 Å². The van der Waals surface area contributed by atoms with Gasteiger partial charge in [0.15, 0.2) is 5.89 Å². The van der Waals surface area contributed by atoms with Gasteiger partial charge in [0.05, 0.1) is 17.7 Å². The fourth-order valence-corrected chi connectivity index (χ4v) is 4.07. The second-order valence-corrected chi connectivity index (χ2v) is 9.69. The molecule has 3 aromatic rings. The highest BCUT2D eigenvalue weighted by Crippen LogP contribution is 2.28. The maximum Gasteiger partial charge on any atom is 0.408 e. The Hall–Kier alpha value is -3.12. The van der Waals surface area contributed by atoms with E-state index in [1.54, 1.807) is 6.26 Å². The Kier molecular flexibility index (Phi) is 7.14. The van der Waals surface area contributed by atoms with Gasteiger partial charge >= 0.3 is 6.09 Å². The first-order valence-electron chi connectivity index (χ1n) is 11.6. The number of nitrogens with one attached hydrogen (secondary N) is 1. The first-order chi connectivity index (χ1) is 15.9. The summed E-state index contributed by atoms with van der Waals surface area (Å²) in [5.74, 6) is 1.15. The first-order valence-corrected chi connectivity index (χ1v) is 11.6. The molecule has 1 saturated heterocycles. The van der Waals surface area contributed by atoms with Gasteiger partial charge in [-0.3, -0.25) is 0 Å². The summed E-state index contributed by atoms with van der Waals surface area (Å²) in [6.07, 6.45) is 2.99. The molecule has 6 heteroatoms. The number of carbonyl (C=O) groups is 1. The maximum atomic E-state index is 12.4. The van der Waals surface area contributed by atoms with Gasteiger partial charge < -0.3 is 19.4 Å². The van der Waals surface area contributed by atoms with Gasteiger partial charge in [0, 0.05) is 26.1 Å². The molecule has 0 radical (unpaired) electrons. The lowest BCUT2D eigenvalue weighted by molar-refractivity contribution is 0.0491. The lowest BCUT2D eigenvalue weighted by Crippen LogP contribution is -2.46. The molecule has 1 N–H and O–H groups in total. The van der Waals surface area contributed by atoms with Crippen molar-refractivity contribution < 1.29 is 13.9 Å². The number of hydrogen-bond acceptors (Lipinski definition) is 5. The lowest BCUT2D eigenvalue weighted by atomic mass is 9.97. The molecule has 174 valence electrons. The summed E-state index contributed by atoms with van der Waals surface area (Å²) in [4.78, 5) is 19.5. The van der Waals surface area contributed by atoms with Crippen molar-refractivity contribution >= 4 is 6.09 Å². The number of benzene rings is 2. The van der Waals surface area contributed by atoms with Gasteiger partial charge in [0.1, 0.15) is 11.9 Å². The normalized spacial score (nSPS) is 15.6. The lowest BCUT2D eigenvalue weighted by Gasteiger charge is -2.38. The Balaban J connectivity index is 1.28. The highest BCUT2D eigenvalue weighted by molar-refractivity contribution is 5.68. The van der Waals surface area contributed by atoms with Gasteiger partial charge in [0.25, 0.3) is 0 Å². The molecule has 1 unspecified atom stereocenters. The molecule has 1 aliphatic rings.